The number of ether oxygens (including phenoxy) is 1. The van der Waals surface area contributed by atoms with Gasteiger partial charge in [-0.15, -0.1) is 0 Å². The lowest BCUT2D eigenvalue weighted by Gasteiger charge is -2.31. The number of hydrogen-bond acceptors (Lipinski definition) is 7. The lowest BCUT2D eigenvalue weighted by molar-refractivity contribution is 0.0816. The van der Waals surface area contributed by atoms with Crippen LogP contribution in [0.2, 0.25) is 0 Å². The number of rotatable bonds is 6. The number of anilines is 3. The Balaban J connectivity index is 2.20. The van der Waals surface area contributed by atoms with Crippen molar-refractivity contribution in [2.24, 2.45) is 0 Å². The molecule has 1 fully saturated rings. The summed E-state index contributed by atoms with van der Waals surface area (Å²) in [7, 11) is 3.61. The van der Waals surface area contributed by atoms with E-state index in [0.29, 0.717) is 12.1 Å². The fraction of sp³-hybridized carbons (Fsp3) is 0.786. The maximum absolute atomic E-state index is 5.42. The summed E-state index contributed by atoms with van der Waals surface area (Å²) < 4.78 is 5.42. The molecular weight excluding hydrogens is 268 g/mol. The lowest BCUT2D eigenvalue weighted by atomic mass is 10.1. The van der Waals surface area contributed by atoms with Crippen molar-refractivity contribution in [2.45, 2.75) is 32.8 Å². The Kier molecular flexibility index (Phi) is 5.55. The van der Waals surface area contributed by atoms with Gasteiger partial charge in [0.15, 0.2) is 0 Å². The van der Waals surface area contributed by atoms with E-state index in [1.165, 1.54) is 0 Å². The fourth-order valence-electron chi connectivity index (χ4n) is 2.55. The quantitative estimate of drug-likeness (QED) is 0.850. The van der Waals surface area contributed by atoms with Crippen LogP contribution in [0.1, 0.15) is 26.7 Å². The van der Waals surface area contributed by atoms with Crippen molar-refractivity contribution < 1.29 is 4.74 Å². The molecule has 1 N–H and O–H groups in total. The second-order valence-corrected chi connectivity index (χ2v) is 5.10. The predicted octanol–water partition coefficient (Wildman–Crippen LogP) is 1.37. The van der Waals surface area contributed by atoms with E-state index in [-0.39, 0.29) is 0 Å². The van der Waals surface area contributed by atoms with Gasteiger partial charge >= 0.3 is 0 Å². The first-order valence-corrected chi connectivity index (χ1v) is 7.68. The third-order valence-electron chi connectivity index (χ3n) is 3.94. The molecule has 0 aromatic carbocycles. The van der Waals surface area contributed by atoms with Crippen LogP contribution in [-0.4, -0.2) is 61.4 Å². The highest BCUT2D eigenvalue weighted by Gasteiger charge is 2.22. The van der Waals surface area contributed by atoms with Crippen LogP contribution < -0.4 is 15.1 Å². The van der Waals surface area contributed by atoms with Gasteiger partial charge in [0.1, 0.15) is 0 Å². The highest BCUT2D eigenvalue weighted by molar-refractivity contribution is 5.45. The minimum atomic E-state index is 0.356. The van der Waals surface area contributed by atoms with Crippen molar-refractivity contribution in [3.8, 4) is 0 Å². The average Bonchev–Trinajstić information content (AvgIpc) is 2.55. The molecule has 7 heteroatoms. The van der Waals surface area contributed by atoms with E-state index in [4.69, 9.17) is 4.74 Å². The predicted molar refractivity (Wildman–Crippen MR) is 85.2 cm³/mol. The number of methoxy groups -OCH3 is 1. The van der Waals surface area contributed by atoms with Gasteiger partial charge in [0.2, 0.25) is 17.8 Å². The van der Waals surface area contributed by atoms with Gasteiger partial charge in [-0.3, -0.25) is 0 Å². The fourth-order valence-corrected chi connectivity index (χ4v) is 2.55. The van der Waals surface area contributed by atoms with Crippen LogP contribution in [-0.2, 0) is 4.74 Å². The molecule has 0 amide bonds. The standard InChI is InChI=1S/C14H26N6O/c1-5-19(6-2)13-16-12(15-3)17-14(18-13)20-9-7-11(21-4)8-10-20/h11H,5-10H2,1-4H3,(H,15,16,17,18). The monoisotopic (exact) mass is 294 g/mol. The largest absolute Gasteiger partial charge is 0.381 e. The zero-order valence-electron chi connectivity index (χ0n) is 13.5. The molecule has 2 heterocycles. The maximum atomic E-state index is 5.42. The highest BCUT2D eigenvalue weighted by Crippen LogP contribution is 2.21. The molecule has 1 aliphatic heterocycles. The zero-order chi connectivity index (χ0) is 15.2. The molecule has 1 saturated heterocycles. The van der Waals surface area contributed by atoms with Gasteiger partial charge in [0.05, 0.1) is 6.10 Å². The summed E-state index contributed by atoms with van der Waals surface area (Å²) >= 11 is 0. The smallest absolute Gasteiger partial charge is 0.231 e. The van der Waals surface area contributed by atoms with Crippen LogP contribution in [0, 0.1) is 0 Å². The molecule has 7 nitrogen and oxygen atoms in total. The van der Waals surface area contributed by atoms with Gasteiger partial charge in [0, 0.05) is 40.3 Å². The van der Waals surface area contributed by atoms with Gasteiger partial charge in [-0.05, 0) is 26.7 Å². The molecule has 1 aliphatic rings. The van der Waals surface area contributed by atoms with Gasteiger partial charge in [-0.1, -0.05) is 0 Å². The lowest BCUT2D eigenvalue weighted by Crippen LogP contribution is -2.38. The molecule has 0 atom stereocenters. The molecule has 0 aliphatic carbocycles. The van der Waals surface area contributed by atoms with Crippen molar-refractivity contribution in [2.75, 3.05) is 55.5 Å². The Hall–Kier alpha value is -1.63. The summed E-state index contributed by atoms with van der Waals surface area (Å²) in [5.74, 6) is 2.12. The molecule has 0 unspecified atom stereocenters. The summed E-state index contributed by atoms with van der Waals surface area (Å²) in [4.78, 5) is 18.0. The molecule has 118 valence electrons. The van der Waals surface area contributed by atoms with Crippen molar-refractivity contribution in [3.05, 3.63) is 0 Å². The molecule has 0 saturated carbocycles. The van der Waals surface area contributed by atoms with Crippen LogP contribution in [0.15, 0.2) is 0 Å². The first kappa shape index (κ1) is 15.8. The van der Waals surface area contributed by atoms with Crippen molar-refractivity contribution >= 4 is 17.8 Å². The Morgan fingerprint density at radius 2 is 1.86 bits per heavy atom. The molecule has 2 rings (SSSR count). The van der Waals surface area contributed by atoms with Crippen LogP contribution in [0.25, 0.3) is 0 Å². The average molecular weight is 294 g/mol. The highest BCUT2D eigenvalue weighted by atomic mass is 16.5. The number of aromatic nitrogens is 3. The van der Waals surface area contributed by atoms with Crippen LogP contribution in [0.4, 0.5) is 17.8 Å². The van der Waals surface area contributed by atoms with Crippen LogP contribution in [0.3, 0.4) is 0 Å². The maximum Gasteiger partial charge on any atom is 0.231 e. The van der Waals surface area contributed by atoms with Crippen molar-refractivity contribution in [3.63, 3.8) is 0 Å². The molecule has 0 spiro atoms. The van der Waals surface area contributed by atoms with E-state index in [1.807, 2.05) is 7.05 Å². The number of hydrogen-bond donors (Lipinski definition) is 1. The number of nitrogens with one attached hydrogen (secondary N) is 1. The van der Waals surface area contributed by atoms with E-state index < -0.39 is 0 Å². The van der Waals surface area contributed by atoms with Gasteiger partial charge in [0.25, 0.3) is 0 Å². The summed E-state index contributed by atoms with van der Waals surface area (Å²) in [6.07, 6.45) is 2.38. The SMILES string of the molecule is CCN(CC)c1nc(NC)nc(N2CCC(OC)CC2)n1. The molecule has 0 radical (unpaired) electrons. The first-order chi connectivity index (χ1) is 10.2. The van der Waals surface area contributed by atoms with Gasteiger partial charge in [-0.2, -0.15) is 15.0 Å². The summed E-state index contributed by atoms with van der Waals surface area (Å²) in [6.45, 7) is 7.82. The van der Waals surface area contributed by atoms with Crippen molar-refractivity contribution in [1.82, 2.24) is 15.0 Å². The summed E-state index contributed by atoms with van der Waals surface area (Å²) in [5.41, 5.74) is 0. The minimum Gasteiger partial charge on any atom is -0.381 e. The summed E-state index contributed by atoms with van der Waals surface area (Å²) in [6, 6.07) is 0. The van der Waals surface area contributed by atoms with E-state index in [9.17, 15) is 0 Å². The van der Waals surface area contributed by atoms with Gasteiger partial charge < -0.3 is 19.9 Å². The Morgan fingerprint density at radius 1 is 1.19 bits per heavy atom. The van der Waals surface area contributed by atoms with Gasteiger partial charge in [-0.25, -0.2) is 0 Å². The van der Waals surface area contributed by atoms with Crippen LogP contribution in [0.5, 0.6) is 0 Å². The minimum absolute atomic E-state index is 0.356. The van der Waals surface area contributed by atoms with E-state index >= 15 is 0 Å². The number of nitrogens with zero attached hydrogens (tertiary/aromatic N) is 5. The Labute approximate surface area is 126 Å². The summed E-state index contributed by atoms with van der Waals surface area (Å²) in [5, 5.41) is 3.03. The van der Waals surface area contributed by atoms with E-state index in [2.05, 4.69) is 43.9 Å². The second-order valence-electron chi connectivity index (χ2n) is 5.10. The Morgan fingerprint density at radius 3 is 2.38 bits per heavy atom. The normalized spacial score (nSPS) is 16.1. The van der Waals surface area contributed by atoms with Crippen molar-refractivity contribution in [1.29, 1.82) is 0 Å². The first-order valence-electron chi connectivity index (χ1n) is 7.68. The van der Waals surface area contributed by atoms with E-state index in [0.717, 1.165) is 50.9 Å². The Bertz CT molecular complexity index is 443. The second kappa shape index (κ2) is 7.40. The van der Waals surface area contributed by atoms with E-state index in [1.54, 1.807) is 7.11 Å². The molecular formula is C14H26N6O. The topological polar surface area (TPSA) is 66.4 Å². The molecule has 1 aromatic rings. The zero-order valence-corrected chi connectivity index (χ0v) is 13.5. The molecule has 21 heavy (non-hydrogen) atoms. The molecule has 1 aromatic heterocycles. The third kappa shape index (κ3) is 3.72. The third-order valence-corrected chi connectivity index (χ3v) is 3.94. The molecule has 0 bridgehead atoms. The van der Waals surface area contributed by atoms with Crippen LogP contribution >= 0.6 is 0 Å². The number of piperidine rings is 1.